The Balaban J connectivity index is 4.22. The molecule has 6 heteroatoms. The van der Waals surface area contributed by atoms with Crippen LogP contribution in [0.3, 0.4) is 0 Å². The Morgan fingerprint density at radius 3 is 0.780 bits per heavy atom. The van der Waals surface area contributed by atoms with Crippen molar-refractivity contribution in [1.29, 1.82) is 0 Å². The van der Waals surface area contributed by atoms with E-state index in [4.69, 9.17) is 14.2 Å². The lowest BCUT2D eigenvalue weighted by Gasteiger charge is -2.18. The number of carbonyl (C=O) groups is 3. The van der Waals surface area contributed by atoms with Gasteiger partial charge in [-0.1, -0.05) is 336 Å². The van der Waals surface area contributed by atoms with Crippen LogP contribution in [-0.2, 0) is 28.6 Å². The SMILES string of the molecule is CC/C=C\C/C=C\C/C=C\C/C=C\C/C=C\CCCC(=O)OC(COC(=O)CCCCCCC/C=C\C/C=C\C/C=C\CC)COC(=O)CCCCCCCCCCCCCCCCCCCCCCCCCCCCCCCCCC. The van der Waals surface area contributed by atoms with Crippen LogP contribution in [0.2, 0.25) is 0 Å². The number of rotatable bonds is 64. The average Bonchev–Trinajstić information content (AvgIpc) is 3.47. The van der Waals surface area contributed by atoms with Gasteiger partial charge < -0.3 is 14.2 Å². The minimum absolute atomic E-state index is 0.104. The normalized spacial score (nSPS) is 12.7. The fraction of sp³-hybridized carbons (Fsp3) is 0.750. The molecule has 0 aromatic heterocycles. The second-order valence-electron chi connectivity index (χ2n) is 23.4. The van der Waals surface area contributed by atoms with Gasteiger partial charge in [0, 0.05) is 19.3 Å². The molecule has 0 amide bonds. The summed E-state index contributed by atoms with van der Waals surface area (Å²) < 4.78 is 16.9. The monoisotopic (exact) mass is 1140 g/mol. The molecule has 0 spiro atoms. The van der Waals surface area contributed by atoms with Gasteiger partial charge in [-0.05, 0) is 89.9 Å². The molecular formula is C76H132O6. The van der Waals surface area contributed by atoms with Gasteiger partial charge in [0.05, 0.1) is 0 Å². The third-order valence-corrected chi connectivity index (χ3v) is 15.3. The molecule has 0 N–H and O–H groups in total. The molecule has 0 rings (SSSR count). The summed E-state index contributed by atoms with van der Waals surface area (Å²) in [5.74, 6) is -0.968. The molecule has 1 unspecified atom stereocenters. The maximum absolute atomic E-state index is 12.9. The van der Waals surface area contributed by atoms with E-state index in [1.807, 2.05) is 0 Å². The van der Waals surface area contributed by atoms with Crippen LogP contribution in [0.15, 0.2) is 97.2 Å². The Kier molecular flexibility index (Phi) is 66.7. The molecule has 6 nitrogen and oxygen atoms in total. The molecule has 1 atom stereocenters. The summed E-state index contributed by atoms with van der Waals surface area (Å²) in [6.45, 7) is 6.39. The lowest BCUT2D eigenvalue weighted by Crippen LogP contribution is -2.30. The number of unbranched alkanes of at least 4 members (excludes halogenated alkanes) is 37. The first-order valence-electron chi connectivity index (χ1n) is 35.2. The Morgan fingerprint density at radius 2 is 0.488 bits per heavy atom. The number of ether oxygens (including phenoxy) is 3. The Hall–Kier alpha value is -3.67. The fourth-order valence-corrected chi connectivity index (χ4v) is 10.1. The number of hydrogen-bond donors (Lipinski definition) is 0. The number of allylic oxidation sites excluding steroid dienone is 16. The van der Waals surface area contributed by atoms with Crippen molar-refractivity contribution in [1.82, 2.24) is 0 Å². The van der Waals surface area contributed by atoms with Gasteiger partial charge in [0.2, 0.25) is 0 Å². The molecule has 472 valence electrons. The van der Waals surface area contributed by atoms with E-state index in [1.165, 1.54) is 186 Å². The highest BCUT2D eigenvalue weighted by Gasteiger charge is 2.19. The summed E-state index contributed by atoms with van der Waals surface area (Å²) in [4.78, 5) is 38.3. The molecule has 0 saturated heterocycles. The zero-order chi connectivity index (χ0) is 59.2. The van der Waals surface area contributed by atoms with Crippen LogP contribution in [0, 0.1) is 0 Å². The maximum atomic E-state index is 12.9. The zero-order valence-electron chi connectivity index (χ0n) is 54.2. The van der Waals surface area contributed by atoms with E-state index in [2.05, 4.69) is 118 Å². The molecule has 82 heavy (non-hydrogen) atoms. The summed E-state index contributed by atoms with van der Waals surface area (Å²) in [5, 5.41) is 0. The van der Waals surface area contributed by atoms with E-state index in [9.17, 15) is 14.4 Å². The molecule has 0 aliphatic carbocycles. The quantitative estimate of drug-likeness (QED) is 0.0261. The standard InChI is InChI=1S/C76H132O6/c1-4-7-10-13-16-19-22-25-28-30-31-32-33-34-35-36-37-38-39-40-41-42-43-44-46-48-51-54-57-60-63-66-69-75(78)81-72-73(71-80-74(77)68-65-62-59-56-53-50-47-27-24-21-18-15-12-9-6-3)82-76(79)70-67-64-61-58-55-52-49-45-29-26-23-20-17-14-11-8-5-2/h8-9,11-12,17-18,20-21,26-27,29,47,49,52,58,61,73H,4-7,10,13-16,19,22-25,28,30-46,48,50-51,53-57,59-60,62-72H2,1-3H3/b11-8-,12-9-,20-17-,21-18-,29-26-,47-27-,52-49-,61-58-. The molecular weight excluding hydrogens is 1010 g/mol. The van der Waals surface area contributed by atoms with Gasteiger partial charge in [-0.15, -0.1) is 0 Å². The summed E-state index contributed by atoms with van der Waals surface area (Å²) in [6.07, 6.45) is 94.7. The zero-order valence-corrected chi connectivity index (χ0v) is 54.2. The largest absolute Gasteiger partial charge is 0.462 e. The molecule has 0 bridgehead atoms. The topological polar surface area (TPSA) is 78.9 Å². The Labute approximate surface area is 508 Å². The number of carbonyl (C=O) groups excluding carboxylic acids is 3. The second-order valence-corrected chi connectivity index (χ2v) is 23.4. The van der Waals surface area contributed by atoms with Crippen LogP contribution >= 0.6 is 0 Å². The third kappa shape index (κ3) is 67.1. The van der Waals surface area contributed by atoms with Gasteiger partial charge in [0.1, 0.15) is 13.2 Å². The van der Waals surface area contributed by atoms with Gasteiger partial charge >= 0.3 is 17.9 Å². The van der Waals surface area contributed by atoms with Crippen molar-refractivity contribution >= 4 is 17.9 Å². The van der Waals surface area contributed by atoms with E-state index in [1.54, 1.807) is 0 Å². The lowest BCUT2D eigenvalue weighted by atomic mass is 10.0. The lowest BCUT2D eigenvalue weighted by molar-refractivity contribution is -0.167. The fourth-order valence-electron chi connectivity index (χ4n) is 10.1. The van der Waals surface area contributed by atoms with E-state index in [-0.39, 0.29) is 37.5 Å². The van der Waals surface area contributed by atoms with Crippen LogP contribution in [0.5, 0.6) is 0 Å². The maximum Gasteiger partial charge on any atom is 0.306 e. The molecule has 0 heterocycles. The van der Waals surface area contributed by atoms with Gasteiger partial charge in [-0.2, -0.15) is 0 Å². The highest BCUT2D eigenvalue weighted by Crippen LogP contribution is 2.18. The van der Waals surface area contributed by atoms with Crippen molar-refractivity contribution in [2.75, 3.05) is 13.2 Å². The number of hydrogen-bond acceptors (Lipinski definition) is 6. The number of esters is 3. The van der Waals surface area contributed by atoms with Crippen LogP contribution < -0.4 is 0 Å². The van der Waals surface area contributed by atoms with Gasteiger partial charge in [0.15, 0.2) is 6.10 Å². The smallest absolute Gasteiger partial charge is 0.306 e. The van der Waals surface area contributed by atoms with Gasteiger partial charge in [-0.25, -0.2) is 0 Å². The van der Waals surface area contributed by atoms with Crippen molar-refractivity contribution in [2.45, 2.75) is 354 Å². The summed E-state index contributed by atoms with van der Waals surface area (Å²) in [6, 6.07) is 0. The third-order valence-electron chi connectivity index (χ3n) is 15.3. The van der Waals surface area contributed by atoms with Crippen molar-refractivity contribution in [3.05, 3.63) is 97.2 Å². The predicted molar refractivity (Wildman–Crippen MR) is 357 cm³/mol. The first kappa shape index (κ1) is 78.3. The molecule has 0 saturated carbocycles. The van der Waals surface area contributed by atoms with Crippen molar-refractivity contribution in [3.8, 4) is 0 Å². The first-order chi connectivity index (χ1) is 40.5. The molecule has 0 radical (unpaired) electrons. The molecule has 0 fully saturated rings. The van der Waals surface area contributed by atoms with Crippen LogP contribution in [0.25, 0.3) is 0 Å². The minimum Gasteiger partial charge on any atom is -0.462 e. The minimum atomic E-state index is -0.816. The summed E-state index contributed by atoms with van der Waals surface area (Å²) in [7, 11) is 0. The predicted octanol–water partition coefficient (Wildman–Crippen LogP) is 24.4. The molecule has 0 aliphatic rings. The highest BCUT2D eigenvalue weighted by molar-refractivity contribution is 5.71. The highest BCUT2D eigenvalue weighted by atomic mass is 16.6. The molecule has 0 aromatic rings. The first-order valence-corrected chi connectivity index (χ1v) is 35.2. The van der Waals surface area contributed by atoms with E-state index < -0.39 is 6.10 Å². The van der Waals surface area contributed by atoms with Crippen molar-refractivity contribution < 1.29 is 28.6 Å². The second kappa shape index (κ2) is 69.8. The summed E-state index contributed by atoms with van der Waals surface area (Å²) in [5.41, 5.74) is 0. The van der Waals surface area contributed by atoms with Crippen LogP contribution in [0.1, 0.15) is 348 Å². The van der Waals surface area contributed by atoms with Crippen molar-refractivity contribution in [3.63, 3.8) is 0 Å². The molecule has 0 aromatic carbocycles. The van der Waals surface area contributed by atoms with Gasteiger partial charge in [0.25, 0.3) is 0 Å². The average molecular weight is 1140 g/mol. The Bertz CT molecular complexity index is 1590. The van der Waals surface area contributed by atoms with Crippen LogP contribution in [0.4, 0.5) is 0 Å². The van der Waals surface area contributed by atoms with E-state index in [0.29, 0.717) is 19.3 Å². The van der Waals surface area contributed by atoms with Crippen molar-refractivity contribution in [2.24, 2.45) is 0 Å². The van der Waals surface area contributed by atoms with Crippen LogP contribution in [-0.4, -0.2) is 37.2 Å². The van der Waals surface area contributed by atoms with E-state index >= 15 is 0 Å². The summed E-state index contributed by atoms with van der Waals surface area (Å²) >= 11 is 0. The molecule has 0 aliphatic heterocycles. The Morgan fingerprint density at radius 1 is 0.256 bits per heavy atom. The van der Waals surface area contributed by atoms with Gasteiger partial charge in [-0.3, -0.25) is 14.4 Å². The van der Waals surface area contributed by atoms with E-state index in [0.717, 1.165) is 116 Å².